The molecule has 6 nitrogen and oxygen atoms in total. The van der Waals surface area contributed by atoms with Crippen LogP contribution in [-0.4, -0.2) is 36.9 Å². The summed E-state index contributed by atoms with van der Waals surface area (Å²) in [4.78, 5) is 27.3. The summed E-state index contributed by atoms with van der Waals surface area (Å²) in [6, 6.07) is 12.2. The van der Waals surface area contributed by atoms with Crippen LogP contribution in [0.4, 0.5) is 0 Å². The number of amides is 1. The van der Waals surface area contributed by atoms with Gasteiger partial charge < -0.3 is 19.8 Å². The fourth-order valence-electron chi connectivity index (χ4n) is 2.49. The molecular weight excluding hydrogens is 356 g/mol. The number of benzene rings is 2. The molecule has 7 heteroatoms. The molecule has 0 atom stereocenters. The van der Waals surface area contributed by atoms with E-state index >= 15 is 0 Å². The number of Topliss-reactive ketones (excluding diaryl/α,β-unsaturated/α-hetero) is 1. The first kappa shape index (κ1) is 17.8. The van der Waals surface area contributed by atoms with E-state index in [1.165, 1.54) is 6.20 Å². The number of carbonyl (C=O) groups excluding carboxylic acids is 2. The zero-order valence-corrected chi connectivity index (χ0v) is 14.8. The van der Waals surface area contributed by atoms with Gasteiger partial charge in [-0.3, -0.25) is 9.59 Å². The lowest BCUT2D eigenvalue weighted by Crippen LogP contribution is -2.34. The van der Waals surface area contributed by atoms with Crippen LogP contribution >= 0.6 is 11.6 Å². The van der Waals surface area contributed by atoms with Crippen molar-refractivity contribution in [1.82, 2.24) is 10.3 Å². The Kier molecular flexibility index (Phi) is 5.43. The molecule has 1 heterocycles. The van der Waals surface area contributed by atoms with Crippen molar-refractivity contribution in [3.8, 4) is 11.5 Å². The highest BCUT2D eigenvalue weighted by molar-refractivity contribution is 6.45. The van der Waals surface area contributed by atoms with Crippen LogP contribution in [0.5, 0.6) is 11.5 Å². The van der Waals surface area contributed by atoms with Crippen molar-refractivity contribution >= 4 is 34.2 Å². The maximum absolute atomic E-state index is 12.3. The Bertz CT molecular complexity index is 934. The third kappa shape index (κ3) is 3.97. The van der Waals surface area contributed by atoms with Gasteiger partial charge in [0.25, 0.3) is 11.7 Å². The van der Waals surface area contributed by atoms with Crippen LogP contribution in [0, 0.1) is 0 Å². The van der Waals surface area contributed by atoms with E-state index in [1.807, 2.05) is 0 Å². The molecule has 0 spiro atoms. The van der Waals surface area contributed by atoms with Crippen LogP contribution in [0.2, 0.25) is 5.02 Å². The number of methoxy groups -OCH3 is 1. The van der Waals surface area contributed by atoms with Gasteiger partial charge in [-0.25, -0.2) is 0 Å². The normalized spacial score (nSPS) is 10.5. The number of nitrogens with one attached hydrogen (secondary N) is 2. The summed E-state index contributed by atoms with van der Waals surface area (Å²) in [6.45, 7) is 0.458. The van der Waals surface area contributed by atoms with Crippen LogP contribution in [0.3, 0.4) is 0 Å². The van der Waals surface area contributed by atoms with E-state index in [-0.39, 0.29) is 13.2 Å². The second kappa shape index (κ2) is 7.93. The SMILES string of the molecule is COc1ccc(OCCNC(=O)C(=O)c2c[nH]c3cc(Cl)ccc23)cc1. The van der Waals surface area contributed by atoms with Crippen molar-refractivity contribution in [2.75, 3.05) is 20.3 Å². The highest BCUT2D eigenvalue weighted by Crippen LogP contribution is 2.22. The van der Waals surface area contributed by atoms with Crippen LogP contribution in [0.1, 0.15) is 10.4 Å². The number of aromatic amines is 1. The number of aromatic nitrogens is 1. The van der Waals surface area contributed by atoms with Gasteiger partial charge in [0.2, 0.25) is 0 Å². The quantitative estimate of drug-likeness (QED) is 0.379. The van der Waals surface area contributed by atoms with E-state index in [0.717, 1.165) is 5.75 Å². The van der Waals surface area contributed by atoms with Gasteiger partial charge in [0.05, 0.1) is 19.2 Å². The third-order valence-corrected chi connectivity index (χ3v) is 4.05. The molecule has 26 heavy (non-hydrogen) atoms. The monoisotopic (exact) mass is 372 g/mol. The molecular formula is C19H17ClN2O4. The van der Waals surface area contributed by atoms with Crippen molar-refractivity contribution in [1.29, 1.82) is 0 Å². The van der Waals surface area contributed by atoms with Crippen molar-refractivity contribution < 1.29 is 19.1 Å². The van der Waals surface area contributed by atoms with Gasteiger partial charge in [-0.2, -0.15) is 0 Å². The second-order valence-corrected chi connectivity index (χ2v) is 5.94. The predicted octanol–water partition coefficient (Wildman–Crippen LogP) is 3.21. The van der Waals surface area contributed by atoms with Crippen LogP contribution in [0.25, 0.3) is 10.9 Å². The van der Waals surface area contributed by atoms with Gasteiger partial charge in [0, 0.05) is 22.1 Å². The summed E-state index contributed by atoms with van der Waals surface area (Å²) in [5, 5.41) is 3.77. The largest absolute Gasteiger partial charge is 0.497 e. The van der Waals surface area contributed by atoms with Crippen molar-refractivity contribution in [2.24, 2.45) is 0 Å². The number of rotatable bonds is 7. The van der Waals surface area contributed by atoms with Crippen LogP contribution < -0.4 is 14.8 Å². The lowest BCUT2D eigenvalue weighted by atomic mass is 10.1. The molecule has 3 aromatic rings. The molecule has 0 aliphatic rings. The van der Waals surface area contributed by atoms with Gasteiger partial charge in [0.15, 0.2) is 0 Å². The zero-order chi connectivity index (χ0) is 18.5. The van der Waals surface area contributed by atoms with Gasteiger partial charge in [-0.05, 0) is 36.4 Å². The van der Waals surface area contributed by atoms with Crippen molar-refractivity contribution in [3.63, 3.8) is 0 Å². The number of H-pyrrole nitrogens is 1. The Morgan fingerprint density at radius 1 is 1.12 bits per heavy atom. The van der Waals surface area contributed by atoms with Gasteiger partial charge in [-0.1, -0.05) is 17.7 Å². The first-order valence-corrected chi connectivity index (χ1v) is 8.32. The summed E-state index contributed by atoms with van der Waals surface area (Å²) >= 11 is 5.92. The van der Waals surface area contributed by atoms with Crippen molar-refractivity contribution in [2.45, 2.75) is 0 Å². The molecule has 0 aliphatic carbocycles. The first-order chi connectivity index (χ1) is 12.6. The average Bonchev–Trinajstić information content (AvgIpc) is 3.07. The number of ketones is 1. The highest BCUT2D eigenvalue weighted by Gasteiger charge is 2.19. The number of hydrogen-bond acceptors (Lipinski definition) is 4. The summed E-state index contributed by atoms with van der Waals surface area (Å²) in [6.07, 6.45) is 1.51. The van der Waals surface area contributed by atoms with Gasteiger partial charge in [-0.15, -0.1) is 0 Å². The van der Waals surface area contributed by atoms with E-state index in [2.05, 4.69) is 10.3 Å². The fraction of sp³-hybridized carbons (Fsp3) is 0.158. The van der Waals surface area contributed by atoms with Gasteiger partial charge >= 0.3 is 0 Å². The lowest BCUT2D eigenvalue weighted by Gasteiger charge is -2.08. The molecule has 0 saturated heterocycles. The predicted molar refractivity (Wildman–Crippen MR) is 99.1 cm³/mol. The number of carbonyl (C=O) groups is 2. The maximum atomic E-state index is 12.3. The Labute approximate surface area is 155 Å². The summed E-state index contributed by atoms with van der Waals surface area (Å²) in [5.74, 6) is 0.0957. The minimum Gasteiger partial charge on any atom is -0.497 e. The van der Waals surface area contributed by atoms with E-state index in [0.29, 0.717) is 27.2 Å². The number of halogens is 1. The van der Waals surface area contributed by atoms with Crippen LogP contribution in [0.15, 0.2) is 48.7 Å². The van der Waals surface area contributed by atoms with Crippen LogP contribution in [-0.2, 0) is 4.79 Å². The Hall–Kier alpha value is -2.99. The van der Waals surface area contributed by atoms with E-state index in [4.69, 9.17) is 21.1 Å². The highest BCUT2D eigenvalue weighted by atomic mass is 35.5. The number of fused-ring (bicyclic) bond motifs is 1. The lowest BCUT2D eigenvalue weighted by molar-refractivity contribution is -0.117. The molecule has 1 amide bonds. The fourth-order valence-corrected chi connectivity index (χ4v) is 2.67. The molecule has 0 unspecified atom stereocenters. The molecule has 2 N–H and O–H groups in total. The topological polar surface area (TPSA) is 80.4 Å². The Morgan fingerprint density at radius 2 is 1.85 bits per heavy atom. The van der Waals surface area contributed by atoms with E-state index < -0.39 is 11.7 Å². The molecule has 3 rings (SSSR count). The Morgan fingerprint density at radius 3 is 2.58 bits per heavy atom. The number of ether oxygens (including phenoxy) is 2. The van der Waals surface area contributed by atoms with Crippen molar-refractivity contribution in [3.05, 3.63) is 59.2 Å². The van der Waals surface area contributed by atoms with Gasteiger partial charge in [0.1, 0.15) is 18.1 Å². The smallest absolute Gasteiger partial charge is 0.292 e. The first-order valence-electron chi connectivity index (χ1n) is 7.94. The van der Waals surface area contributed by atoms with E-state index in [1.54, 1.807) is 49.6 Å². The Balaban J connectivity index is 1.53. The summed E-state index contributed by atoms with van der Waals surface area (Å²) < 4.78 is 10.6. The minimum atomic E-state index is -0.681. The molecule has 2 aromatic carbocycles. The minimum absolute atomic E-state index is 0.213. The van der Waals surface area contributed by atoms with E-state index in [9.17, 15) is 9.59 Å². The number of hydrogen-bond donors (Lipinski definition) is 2. The molecule has 0 aliphatic heterocycles. The maximum Gasteiger partial charge on any atom is 0.292 e. The molecule has 0 bridgehead atoms. The molecule has 134 valence electrons. The summed E-state index contributed by atoms with van der Waals surface area (Å²) in [5.41, 5.74) is 1.02. The third-order valence-electron chi connectivity index (χ3n) is 3.81. The standard InChI is InChI=1S/C19H17ClN2O4/c1-25-13-3-5-14(6-4-13)26-9-8-21-19(24)18(23)16-11-22-17-10-12(20)2-7-15(16)17/h2-7,10-11,22H,8-9H2,1H3,(H,21,24). The molecule has 0 saturated carbocycles. The zero-order valence-electron chi connectivity index (χ0n) is 14.0. The summed E-state index contributed by atoms with van der Waals surface area (Å²) in [7, 11) is 1.59. The average molecular weight is 373 g/mol. The molecule has 1 aromatic heterocycles. The second-order valence-electron chi connectivity index (χ2n) is 5.50. The molecule has 0 radical (unpaired) electrons. The molecule has 0 fully saturated rings.